The summed E-state index contributed by atoms with van der Waals surface area (Å²) in [6.07, 6.45) is 4.27. The number of aromatic nitrogens is 1. The second kappa shape index (κ2) is 10.5. The van der Waals surface area contributed by atoms with Crippen molar-refractivity contribution >= 4 is 5.78 Å². The fraction of sp³-hybridized carbons (Fsp3) is 0.360. The Hall–Kier alpha value is -3.42. The first-order chi connectivity index (χ1) is 16.0. The van der Waals surface area contributed by atoms with Crippen molar-refractivity contribution < 1.29 is 32.2 Å². The van der Waals surface area contributed by atoms with Crippen molar-refractivity contribution in [2.45, 2.75) is 39.2 Å². The molecular formula is C25H25F2NO5. The molecule has 4 rings (SSSR count). The van der Waals surface area contributed by atoms with Gasteiger partial charge in [-0.3, -0.25) is 4.79 Å². The molecule has 0 radical (unpaired) electrons. The van der Waals surface area contributed by atoms with Crippen LogP contribution in [0, 0.1) is 5.92 Å². The summed E-state index contributed by atoms with van der Waals surface area (Å²) in [6, 6.07) is 11.7. The molecule has 1 aliphatic carbocycles. The van der Waals surface area contributed by atoms with Crippen molar-refractivity contribution in [1.29, 1.82) is 0 Å². The highest BCUT2D eigenvalue weighted by Gasteiger charge is 2.23. The fourth-order valence-electron chi connectivity index (χ4n) is 3.35. The molecule has 174 valence electrons. The van der Waals surface area contributed by atoms with Gasteiger partial charge in [-0.25, -0.2) is 4.98 Å². The summed E-state index contributed by atoms with van der Waals surface area (Å²) < 4.78 is 46.9. The average molecular weight is 457 g/mol. The van der Waals surface area contributed by atoms with Gasteiger partial charge in [0.25, 0.3) is 0 Å². The molecule has 0 spiro atoms. The van der Waals surface area contributed by atoms with Crippen LogP contribution in [0.15, 0.2) is 53.1 Å². The highest BCUT2D eigenvalue weighted by molar-refractivity contribution is 5.98. The normalized spacial score (nSPS) is 13.2. The molecule has 8 heteroatoms. The number of halogens is 2. The fourth-order valence-corrected chi connectivity index (χ4v) is 3.35. The van der Waals surface area contributed by atoms with E-state index in [1.165, 1.54) is 12.3 Å². The van der Waals surface area contributed by atoms with Gasteiger partial charge in [0.2, 0.25) is 5.89 Å². The van der Waals surface area contributed by atoms with Crippen molar-refractivity contribution in [3.63, 3.8) is 0 Å². The number of rotatable bonds is 12. The van der Waals surface area contributed by atoms with Crippen LogP contribution in [0.1, 0.15) is 42.2 Å². The van der Waals surface area contributed by atoms with Crippen LogP contribution in [-0.2, 0) is 6.42 Å². The molecular weight excluding hydrogens is 432 g/mol. The quantitative estimate of drug-likeness (QED) is 0.313. The molecule has 0 amide bonds. The number of benzene rings is 2. The minimum Gasteiger partial charge on any atom is -0.493 e. The highest BCUT2D eigenvalue weighted by Crippen LogP contribution is 2.36. The maximum absolute atomic E-state index is 12.7. The summed E-state index contributed by atoms with van der Waals surface area (Å²) in [5.41, 5.74) is 1.72. The van der Waals surface area contributed by atoms with E-state index in [1.54, 1.807) is 30.3 Å². The Labute approximate surface area is 190 Å². The highest BCUT2D eigenvalue weighted by atomic mass is 19.3. The number of carbonyl (C=O) groups is 1. The Kier molecular flexibility index (Phi) is 7.22. The van der Waals surface area contributed by atoms with Gasteiger partial charge in [0.15, 0.2) is 17.3 Å². The van der Waals surface area contributed by atoms with Crippen LogP contribution >= 0.6 is 0 Å². The Bertz CT molecular complexity index is 1090. The van der Waals surface area contributed by atoms with E-state index >= 15 is 0 Å². The monoisotopic (exact) mass is 457 g/mol. The number of alkyl halides is 2. The maximum atomic E-state index is 12.7. The van der Waals surface area contributed by atoms with Crippen molar-refractivity contribution in [2.24, 2.45) is 5.92 Å². The molecule has 0 N–H and O–H groups in total. The number of aryl methyl sites for hydroxylation is 1. The summed E-state index contributed by atoms with van der Waals surface area (Å²) in [5.74, 6) is 1.48. The number of nitrogens with zero attached hydrogens (tertiary/aromatic N) is 1. The zero-order valence-electron chi connectivity index (χ0n) is 18.3. The van der Waals surface area contributed by atoms with Crippen LogP contribution in [0.5, 0.6) is 17.2 Å². The summed E-state index contributed by atoms with van der Waals surface area (Å²) in [5, 5.41) is 0. The summed E-state index contributed by atoms with van der Waals surface area (Å²) in [6.45, 7) is -0.152. The molecule has 1 fully saturated rings. The first-order valence-electron chi connectivity index (χ1n) is 10.9. The topological polar surface area (TPSA) is 70.8 Å². The molecule has 1 aromatic heterocycles. The number of Topliss-reactive ketones (excluding diaryl/α,β-unsaturated/α-hetero) is 1. The van der Waals surface area contributed by atoms with Crippen LogP contribution in [0.3, 0.4) is 0 Å². The minimum absolute atomic E-state index is 0.0280. The van der Waals surface area contributed by atoms with Crippen LogP contribution in [0.2, 0.25) is 0 Å². The van der Waals surface area contributed by atoms with Gasteiger partial charge in [0.1, 0.15) is 12.0 Å². The van der Waals surface area contributed by atoms with Gasteiger partial charge in [-0.1, -0.05) is 12.1 Å². The van der Waals surface area contributed by atoms with Gasteiger partial charge in [-0.15, -0.1) is 0 Å². The number of carbonyl (C=O) groups excluding carboxylic acids is 1. The lowest BCUT2D eigenvalue weighted by Crippen LogP contribution is -2.06. The third-order valence-corrected chi connectivity index (χ3v) is 5.23. The zero-order valence-corrected chi connectivity index (χ0v) is 18.3. The smallest absolute Gasteiger partial charge is 0.387 e. The molecule has 0 saturated heterocycles. The van der Waals surface area contributed by atoms with E-state index in [0.717, 1.165) is 12.8 Å². The molecule has 3 aromatic rings. The van der Waals surface area contributed by atoms with Crippen molar-refractivity contribution in [3.8, 4) is 28.7 Å². The predicted octanol–water partition coefficient (Wildman–Crippen LogP) is 5.95. The van der Waals surface area contributed by atoms with E-state index in [1.807, 2.05) is 13.0 Å². The average Bonchev–Trinajstić information content (AvgIpc) is 3.52. The van der Waals surface area contributed by atoms with E-state index in [4.69, 9.17) is 13.9 Å². The van der Waals surface area contributed by atoms with Crippen LogP contribution in [-0.4, -0.2) is 30.6 Å². The Morgan fingerprint density at radius 2 is 1.94 bits per heavy atom. The lowest BCUT2D eigenvalue weighted by Gasteiger charge is -2.12. The first-order valence-corrected chi connectivity index (χ1v) is 10.9. The standard InChI is InChI=1S/C25H25F2NO5/c1-2-30-21-6-4-3-5-19(21)20(29)11-10-18-15-32-24(28-18)17-9-12-22(33-25(26)27)23(13-17)31-14-16-7-8-16/h3-6,9,12-13,15-16,25H,2,7-8,10-11,14H2,1H3. The molecule has 0 aliphatic heterocycles. The van der Waals surface area contributed by atoms with Crippen molar-refractivity contribution in [3.05, 3.63) is 60.0 Å². The molecule has 1 heterocycles. The third kappa shape index (κ3) is 6.09. The van der Waals surface area contributed by atoms with Crippen LogP contribution < -0.4 is 14.2 Å². The van der Waals surface area contributed by atoms with E-state index in [-0.39, 0.29) is 23.7 Å². The number of ketones is 1. The van der Waals surface area contributed by atoms with Gasteiger partial charge in [-0.05, 0) is 56.0 Å². The Morgan fingerprint density at radius 3 is 2.70 bits per heavy atom. The van der Waals surface area contributed by atoms with E-state index in [9.17, 15) is 13.6 Å². The molecule has 2 aromatic carbocycles. The largest absolute Gasteiger partial charge is 0.493 e. The van der Waals surface area contributed by atoms with Gasteiger partial charge in [-0.2, -0.15) is 8.78 Å². The first kappa shape index (κ1) is 22.8. The summed E-state index contributed by atoms with van der Waals surface area (Å²) in [7, 11) is 0. The SMILES string of the molecule is CCOc1ccccc1C(=O)CCc1coc(-c2ccc(OC(F)F)c(OCC3CC3)c2)n1. The zero-order chi connectivity index (χ0) is 23.2. The van der Waals surface area contributed by atoms with Gasteiger partial charge < -0.3 is 18.6 Å². The van der Waals surface area contributed by atoms with Crippen molar-refractivity contribution in [1.82, 2.24) is 4.98 Å². The Balaban J connectivity index is 1.44. The number of ether oxygens (including phenoxy) is 3. The molecule has 33 heavy (non-hydrogen) atoms. The second-order valence-electron chi connectivity index (χ2n) is 7.79. The van der Waals surface area contributed by atoms with Gasteiger partial charge >= 0.3 is 6.61 Å². The Morgan fingerprint density at radius 1 is 1.12 bits per heavy atom. The van der Waals surface area contributed by atoms with Gasteiger partial charge in [0, 0.05) is 18.4 Å². The molecule has 1 saturated carbocycles. The maximum Gasteiger partial charge on any atom is 0.387 e. The number of para-hydroxylation sites is 1. The number of oxazole rings is 1. The lowest BCUT2D eigenvalue weighted by molar-refractivity contribution is -0.0515. The third-order valence-electron chi connectivity index (χ3n) is 5.23. The number of hydrogen-bond acceptors (Lipinski definition) is 6. The lowest BCUT2D eigenvalue weighted by atomic mass is 10.0. The van der Waals surface area contributed by atoms with E-state index in [0.29, 0.717) is 54.0 Å². The van der Waals surface area contributed by atoms with Crippen LogP contribution in [0.25, 0.3) is 11.5 Å². The molecule has 1 aliphatic rings. The minimum atomic E-state index is -2.95. The van der Waals surface area contributed by atoms with E-state index < -0.39 is 6.61 Å². The summed E-state index contributed by atoms with van der Waals surface area (Å²) >= 11 is 0. The van der Waals surface area contributed by atoms with Crippen molar-refractivity contribution in [2.75, 3.05) is 13.2 Å². The second-order valence-corrected chi connectivity index (χ2v) is 7.79. The molecule has 0 unspecified atom stereocenters. The van der Waals surface area contributed by atoms with Gasteiger partial charge in [0.05, 0.1) is 24.5 Å². The predicted molar refractivity (Wildman–Crippen MR) is 117 cm³/mol. The summed E-state index contributed by atoms with van der Waals surface area (Å²) in [4.78, 5) is 17.1. The molecule has 6 nitrogen and oxygen atoms in total. The van der Waals surface area contributed by atoms with Crippen LogP contribution in [0.4, 0.5) is 8.78 Å². The molecule has 0 bridgehead atoms. The molecule has 0 atom stereocenters. The van der Waals surface area contributed by atoms with E-state index in [2.05, 4.69) is 9.72 Å². The number of hydrogen-bond donors (Lipinski definition) is 0.